The third kappa shape index (κ3) is 7.20. The molecule has 0 atom stereocenters. The average molecular weight is 506 g/mol. The second-order valence-corrected chi connectivity index (χ2v) is 10.6. The molecule has 2 N–H and O–H groups in total. The molecule has 2 aromatic carbocycles. The van der Waals surface area contributed by atoms with Gasteiger partial charge in [-0.15, -0.1) is 0 Å². The van der Waals surface area contributed by atoms with E-state index in [2.05, 4.69) is 37.5 Å². The third-order valence-corrected chi connectivity index (χ3v) is 6.27. The summed E-state index contributed by atoms with van der Waals surface area (Å²) >= 11 is 0. The number of methoxy groups -OCH3 is 1. The highest BCUT2D eigenvalue weighted by atomic mass is 16.5. The summed E-state index contributed by atoms with van der Waals surface area (Å²) in [5.74, 6) is 0.237. The molecule has 0 bridgehead atoms. The standard InChI is InChI=1S/C29H39N5O3/c1-19-9-12-24(22(4)15-19)34-26(17-25(32-34)29(5,6)7)31-27(35)18-33(13-14-37-8)28(36)30-23-11-10-20(2)21(3)16-23/h9-12,15-17H,13-14,18H2,1-8H3,(H,30,36)(H,31,35). The quantitative estimate of drug-likeness (QED) is 0.422. The monoisotopic (exact) mass is 505 g/mol. The van der Waals surface area contributed by atoms with Gasteiger partial charge >= 0.3 is 6.03 Å². The van der Waals surface area contributed by atoms with E-state index in [1.54, 1.807) is 11.8 Å². The zero-order valence-corrected chi connectivity index (χ0v) is 23.2. The number of ether oxygens (including phenoxy) is 1. The second-order valence-electron chi connectivity index (χ2n) is 10.6. The number of amides is 3. The number of benzene rings is 2. The number of carbonyl (C=O) groups is 2. The van der Waals surface area contributed by atoms with Gasteiger partial charge < -0.3 is 20.3 Å². The molecule has 8 nitrogen and oxygen atoms in total. The van der Waals surface area contributed by atoms with E-state index in [1.807, 2.05) is 64.1 Å². The molecule has 0 saturated heterocycles. The smallest absolute Gasteiger partial charge is 0.322 e. The van der Waals surface area contributed by atoms with E-state index in [0.717, 1.165) is 33.6 Å². The van der Waals surface area contributed by atoms with Crippen LogP contribution in [0, 0.1) is 27.7 Å². The van der Waals surface area contributed by atoms with Gasteiger partial charge in [0.05, 0.1) is 18.0 Å². The summed E-state index contributed by atoms with van der Waals surface area (Å²) in [5.41, 5.74) is 6.63. The highest BCUT2D eigenvalue weighted by Gasteiger charge is 2.24. The van der Waals surface area contributed by atoms with Crippen LogP contribution in [-0.4, -0.2) is 53.4 Å². The Hall–Kier alpha value is -3.65. The van der Waals surface area contributed by atoms with E-state index in [4.69, 9.17) is 9.84 Å². The van der Waals surface area contributed by atoms with Gasteiger partial charge in [0, 0.05) is 30.8 Å². The number of aryl methyl sites for hydroxylation is 4. The van der Waals surface area contributed by atoms with E-state index in [1.165, 1.54) is 4.90 Å². The van der Waals surface area contributed by atoms with Crippen molar-refractivity contribution in [2.24, 2.45) is 0 Å². The van der Waals surface area contributed by atoms with Gasteiger partial charge in [-0.3, -0.25) is 4.79 Å². The van der Waals surface area contributed by atoms with Crippen LogP contribution in [0.2, 0.25) is 0 Å². The predicted octanol–water partition coefficient (Wildman–Crippen LogP) is 5.52. The molecule has 0 unspecified atom stereocenters. The van der Waals surface area contributed by atoms with Gasteiger partial charge in [-0.2, -0.15) is 5.10 Å². The molecule has 1 heterocycles. The molecule has 198 valence electrons. The number of hydrogen-bond acceptors (Lipinski definition) is 4. The van der Waals surface area contributed by atoms with Crippen molar-refractivity contribution in [3.05, 3.63) is 70.4 Å². The van der Waals surface area contributed by atoms with E-state index in [0.29, 0.717) is 18.1 Å². The van der Waals surface area contributed by atoms with E-state index >= 15 is 0 Å². The van der Waals surface area contributed by atoms with Gasteiger partial charge in [0.25, 0.3) is 0 Å². The van der Waals surface area contributed by atoms with Crippen LogP contribution in [0.3, 0.4) is 0 Å². The highest BCUT2D eigenvalue weighted by molar-refractivity contribution is 5.96. The number of aromatic nitrogens is 2. The molecule has 8 heteroatoms. The Morgan fingerprint density at radius 1 is 0.946 bits per heavy atom. The van der Waals surface area contributed by atoms with Crippen LogP contribution in [0.25, 0.3) is 5.69 Å². The maximum absolute atomic E-state index is 13.2. The van der Waals surface area contributed by atoms with Gasteiger partial charge in [0.2, 0.25) is 5.91 Å². The van der Waals surface area contributed by atoms with Crippen molar-refractivity contribution in [2.75, 3.05) is 37.4 Å². The number of rotatable bonds is 8. The summed E-state index contributed by atoms with van der Waals surface area (Å²) in [7, 11) is 1.57. The molecule has 0 saturated carbocycles. The fourth-order valence-corrected chi connectivity index (χ4v) is 3.89. The first-order valence-corrected chi connectivity index (χ1v) is 12.5. The van der Waals surface area contributed by atoms with Crippen molar-refractivity contribution in [1.29, 1.82) is 0 Å². The number of hydrogen-bond donors (Lipinski definition) is 2. The SMILES string of the molecule is COCCN(CC(=O)Nc1cc(C(C)(C)C)nn1-c1ccc(C)cc1C)C(=O)Nc1ccc(C)c(C)c1. The largest absolute Gasteiger partial charge is 0.383 e. The lowest BCUT2D eigenvalue weighted by atomic mass is 9.92. The number of urea groups is 1. The third-order valence-electron chi connectivity index (χ3n) is 6.27. The first kappa shape index (κ1) is 27.9. The first-order chi connectivity index (χ1) is 17.4. The number of carbonyl (C=O) groups excluding carboxylic acids is 2. The lowest BCUT2D eigenvalue weighted by molar-refractivity contribution is -0.116. The molecule has 0 fully saturated rings. The van der Waals surface area contributed by atoms with Crippen molar-refractivity contribution in [2.45, 2.75) is 53.9 Å². The Bertz CT molecular complexity index is 1270. The molecule has 0 spiro atoms. The number of anilines is 2. The van der Waals surface area contributed by atoms with Gasteiger partial charge in [-0.05, 0) is 62.6 Å². The summed E-state index contributed by atoms with van der Waals surface area (Å²) in [4.78, 5) is 27.7. The zero-order valence-electron chi connectivity index (χ0n) is 23.2. The molecule has 3 rings (SSSR count). The van der Waals surface area contributed by atoms with Gasteiger partial charge in [-0.25, -0.2) is 9.48 Å². The molecular weight excluding hydrogens is 466 g/mol. The fourth-order valence-electron chi connectivity index (χ4n) is 3.89. The van der Waals surface area contributed by atoms with Crippen LogP contribution in [0.4, 0.5) is 16.3 Å². The second kappa shape index (κ2) is 11.6. The Labute approximate surface area is 220 Å². The minimum atomic E-state index is -0.367. The molecule has 0 radical (unpaired) electrons. The topological polar surface area (TPSA) is 88.5 Å². The highest BCUT2D eigenvalue weighted by Crippen LogP contribution is 2.28. The van der Waals surface area contributed by atoms with Crippen LogP contribution in [0.5, 0.6) is 0 Å². The number of nitrogens with one attached hydrogen (secondary N) is 2. The van der Waals surface area contributed by atoms with Crippen molar-refractivity contribution in [1.82, 2.24) is 14.7 Å². The van der Waals surface area contributed by atoms with Gasteiger partial charge in [0.1, 0.15) is 12.4 Å². The Morgan fingerprint density at radius 2 is 1.68 bits per heavy atom. The summed E-state index contributed by atoms with van der Waals surface area (Å²) in [6.07, 6.45) is 0. The lowest BCUT2D eigenvalue weighted by Gasteiger charge is -2.22. The average Bonchev–Trinajstić information content (AvgIpc) is 3.23. The van der Waals surface area contributed by atoms with Crippen LogP contribution in [0.1, 0.15) is 48.7 Å². The summed E-state index contributed by atoms with van der Waals surface area (Å²) in [5, 5.41) is 10.7. The number of nitrogens with zero attached hydrogens (tertiary/aromatic N) is 3. The molecule has 3 aromatic rings. The molecule has 0 aliphatic rings. The fraction of sp³-hybridized carbons (Fsp3) is 0.414. The van der Waals surface area contributed by atoms with E-state index in [9.17, 15) is 9.59 Å². The van der Waals surface area contributed by atoms with Gasteiger partial charge in [0.15, 0.2) is 0 Å². The maximum atomic E-state index is 13.2. The molecule has 1 aromatic heterocycles. The van der Waals surface area contributed by atoms with E-state index in [-0.39, 0.29) is 30.4 Å². The Balaban J connectivity index is 1.83. The Morgan fingerprint density at radius 3 is 2.30 bits per heavy atom. The summed E-state index contributed by atoms with van der Waals surface area (Å²) < 4.78 is 6.95. The molecule has 0 aliphatic heterocycles. The minimum absolute atomic E-state index is 0.136. The van der Waals surface area contributed by atoms with Gasteiger partial charge in [-0.1, -0.05) is 44.5 Å². The molecule has 3 amide bonds. The van der Waals surface area contributed by atoms with Crippen molar-refractivity contribution in [3.63, 3.8) is 0 Å². The van der Waals surface area contributed by atoms with Crippen LogP contribution in [0.15, 0.2) is 42.5 Å². The van der Waals surface area contributed by atoms with Crippen molar-refractivity contribution >= 4 is 23.4 Å². The molecular formula is C29H39N5O3. The molecule has 37 heavy (non-hydrogen) atoms. The normalized spacial score (nSPS) is 11.4. The Kier molecular flexibility index (Phi) is 8.76. The molecule has 0 aliphatic carbocycles. The van der Waals surface area contributed by atoms with Crippen molar-refractivity contribution < 1.29 is 14.3 Å². The van der Waals surface area contributed by atoms with Crippen LogP contribution in [-0.2, 0) is 14.9 Å². The van der Waals surface area contributed by atoms with E-state index < -0.39 is 0 Å². The first-order valence-electron chi connectivity index (χ1n) is 12.5. The predicted molar refractivity (Wildman–Crippen MR) is 149 cm³/mol. The maximum Gasteiger partial charge on any atom is 0.322 e. The minimum Gasteiger partial charge on any atom is -0.383 e. The van der Waals surface area contributed by atoms with Crippen LogP contribution < -0.4 is 10.6 Å². The summed E-state index contributed by atoms with van der Waals surface area (Å²) in [6, 6.07) is 13.4. The van der Waals surface area contributed by atoms with Crippen LogP contribution >= 0.6 is 0 Å². The lowest BCUT2D eigenvalue weighted by Crippen LogP contribution is -2.42. The summed E-state index contributed by atoms with van der Waals surface area (Å²) in [6.45, 7) is 14.8. The zero-order chi connectivity index (χ0) is 27.3. The van der Waals surface area contributed by atoms with Crippen molar-refractivity contribution in [3.8, 4) is 5.69 Å².